The smallest absolute Gasteiger partial charge is 0.320 e. The summed E-state index contributed by atoms with van der Waals surface area (Å²) in [6.45, 7) is 6.33. The van der Waals surface area contributed by atoms with Crippen LogP contribution in [0, 0.1) is 6.92 Å². The van der Waals surface area contributed by atoms with E-state index in [1.54, 1.807) is 0 Å². The number of amides is 2. The van der Waals surface area contributed by atoms with Crippen LogP contribution in [0.5, 0.6) is 0 Å². The summed E-state index contributed by atoms with van der Waals surface area (Å²) in [5.41, 5.74) is 1.98. The van der Waals surface area contributed by atoms with Crippen molar-refractivity contribution in [3.8, 4) is 0 Å². The number of aryl methyl sites for hydroxylation is 1. The van der Waals surface area contributed by atoms with Crippen LogP contribution in [0.1, 0.15) is 24.2 Å². The molecule has 5 heteroatoms. The number of nitrogens with one attached hydrogen (secondary N) is 1. The summed E-state index contributed by atoms with van der Waals surface area (Å²) in [5, 5.41) is 3.35. The lowest BCUT2D eigenvalue weighted by Gasteiger charge is -2.31. The summed E-state index contributed by atoms with van der Waals surface area (Å²) >= 11 is 0. The molecule has 0 unspecified atom stereocenters. The fraction of sp³-hybridized carbons (Fsp3) is 0.600. The van der Waals surface area contributed by atoms with E-state index in [4.69, 9.17) is 0 Å². The molecule has 5 nitrogen and oxygen atoms in total. The van der Waals surface area contributed by atoms with Crippen molar-refractivity contribution < 1.29 is 4.79 Å². The topological polar surface area (TPSA) is 48.5 Å². The SMILES string of the molecule is Cc1cccc(CN2CCN(C3CCNCC3)C2=O)n1. The first-order valence-electron chi connectivity index (χ1n) is 7.43. The van der Waals surface area contributed by atoms with Gasteiger partial charge in [-0.3, -0.25) is 4.98 Å². The second-order valence-electron chi connectivity index (χ2n) is 5.65. The zero-order chi connectivity index (χ0) is 13.9. The Kier molecular flexibility index (Phi) is 3.87. The second-order valence-corrected chi connectivity index (χ2v) is 5.65. The zero-order valence-electron chi connectivity index (χ0n) is 12.0. The van der Waals surface area contributed by atoms with Crippen molar-refractivity contribution in [2.45, 2.75) is 32.4 Å². The highest BCUT2D eigenvalue weighted by molar-refractivity contribution is 5.76. The summed E-state index contributed by atoms with van der Waals surface area (Å²) in [6.07, 6.45) is 2.14. The van der Waals surface area contributed by atoms with E-state index in [0.29, 0.717) is 12.6 Å². The fourth-order valence-corrected chi connectivity index (χ4v) is 3.09. The van der Waals surface area contributed by atoms with Crippen molar-refractivity contribution in [3.63, 3.8) is 0 Å². The molecule has 2 saturated heterocycles. The molecule has 0 aliphatic carbocycles. The van der Waals surface area contributed by atoms with Gasteiger partial charge in [0.25, 0.3) is 0 Å². The molecule has 108 valence electrons. The Hall–Kier alpha value is -1.62. The van der Waals surface area contributed by atoms with Crippen LogP contribution >= 0.6 is 0 Å². The molecule has 1 N–H and O–H groups in total. The molecule has 20 heavy (non-hydrogen) atoms. The summed E-state index contributed by atoms with van der Waals surface area (Å²) < 4.78 is 0. The first-order valence-corrected chi connectivity index (χ1v) is 7.43. The van der Waals surface area contributed by atoms with Gasteiger partial charge in [0.2, 0.25) is 0 Å². The number of nitrogens with zero attached hydrogens (tertiary/aromatic N) is 3. The van der Waals surface area contributed by atoms with Gasteiger partial charge in [-0.05, 0) is 45.0 Å². The van der Waals surface area contributed by atoms with E-state index in [2.05, 4.69) is 15.2 Å². The number of carbonyl (C=O) groups is 1. The minimum atomic E-state index is 0.181. The van der Waals surface area contributed by atoms with Gasteiger partial charge in [0.1, 0.15) is 0 Å². The first-order chi connectivity index (χ1) is 9.74. The molecule has 2 aliphatic heterocycles. The Morgan fingerprint density at radius 1 is 1.30 bits per heavy atom. The van der Waals surface area contributed by atoms with Crippen LogP contribution in [0.25, 0.3) is 0 Å². The summed E-state index contributed by atoms with van der Waals surface area (Å²) in [6, 6.07) is 6.58. The molecule has 1 aromatic rings. The third-order valence-corrected chi connectivity index (χ3v) is 4.18. The number of aromatic nitrogens is 1. The van der Waals surface area contributed by atoms with Gasteiger partial charge in [-0.15, -0.1) is 0 Å². The van der Waals surface area contributed by atoms with Gasteiger partial charge in [0.05, 0.1) is 12.2 Å². The second kappa shape index (κ2) is 5.79. The maximum absolute atomic E-state index is 12.5. The van der Waals surface area contributed by atoms with Crippen molar-refractivity contribution in [2.24, 2.45) is 0 Å². The minimum absolute atomic E-state index is 0.181. The molecule has 3 rings (SSSR count). The molecule has 3 heterocycles. The van der Waals surface area contributed by atoms with Crippen molar-refractivity contribution in [3.05, 3.63) is 29.6 Å². The number of hydrogen-bond donors (Lipinski definition) is 1. The predicted molar refractivity (Wildman–Crippen MR) is 77.4 cm³/mol. The van der Waals surface area contributed by atoms with Crippen LogP contribution in [0.4, 0.5) is 4.79 Å². The molecule has 0 saturated carbocycles. The summed E-state index contributed by atoms with van der Waals surface area (Å²) in [7, 11) is 0. The normalized spacial score (nSPS) is 20.8. The van der Waals surface area contributed by atoms with Gasteiger partial charge in [0, 0.05) is 24.8 Å². The van der Waals surface area contributed by atoms with Crippen molar-refractivity contribution in [2.75, 3.05) is 26.2 Å². The molecular weight excluding hydrogens is 252 g/mol. The lowest BCUT2D eigenvalue weighted by atomic mass is 10.1. The Morgan fingerprint density at radius 3 is 2.85 bits per heavy atom. The average molecular weight is 274 g/mol. The van der Waals surface area contributed by atoms with Crippen LogP contribution in [-0.2, 0) is 6.54 Å². The maximum atomic E-state index is 12.5. The lowest BCUT2D eigenvalue weighted by Crippen LogP contribution is -2.45. The van der Waals surface area contributed by atoms with Gasteiger partial charge in [-0.1, -0.05) is 6.07 Å². The molecule has 0 bridgehead atoms. The van der Waals surface area contributed by atoms with Crippen molar-refractivity contribution in [1.29, 1.82) is 0 Å². The predicted octanol–water partition coefficient (Wildman–Crippen LogP) is 1.38. The molecule has 0 spiro atoms. The van der Waals surface area contributed by atoms with Crippen molar-refractivity contribution >= 4 is 6.03 Å². The number of hydrogen-bond acceptors (Lipinski definition) is 3. The fourth-order valence-electron chi connectivity index (χ4n) is 3.09. The van der Waals surface area contributed by atoms with Crippen LogP contribution in [0.3, 0.4) is 0 Å². The Labute approximate surface area is 120 Å². The van der Waals surface area contributed by atoms with E-state index in [1.807, 2.05) is 30.0 Å². The number of rotatable bonds is 3. The van der Waals surface area contributed by atoms with Gasteiger partial charge < -0.3 is 15.1 Å². The minimum Gasteiger partial charge on any atom is -0.320 e. The molecular formula is C15H22N4O. The number of urea groups is 1. The molecule has 0 aromatic carbocycles. The first kappa shape index (κ1) is 13.4. The third kappa shape index (κ3) is 2.77. The van der Waals surface area contributed by atoms with Crippen LogP contribution in [-0.4, -0.2) is 53.0 Å². The Bertz CT molecular complexity index is 485. The number of carbonyl (C=O) groups excluding carboxylic acids is 1. The van der Waals surface area contributed by atoms with E-state index in [9.17, 15) is 4.79 Å². The van der Waals surface area contributed by atoms with E-state index in [0.717, 1.165) is 50.4 Å². The molecule has 0 radical (unpaired) electrons. The zero-order valence-corrected chi connectivity index (χ0v) is 12.0. The quantitative estimate of drug-likeness (QED) is 0.906. The standard InChI is InChI=1S/C15H22N4O/c1-12-3-2-4-13(17-12)11-18-9-10-19(15(18)20)14-5-7-16-8-6-14/h2-4,14,16H,5-11H2,1H3. The largest absolute Gasteiger partial charge is 0.320 e. The highest BCUT2D eigenvalue weighted by atomic mass is 16.2. The highest BCUT2D eigenvalue weighted by Gasteiger charge is 2.34. The highest BCUT2D eigenvalue weighted by Crippen LogP contribution is 2.20. The van der Waals surface area contributed by atoms with Gasteiger partial charge in [-0.2, -0.15) is 0 Å². The van der Waals surface area contributed by atoms with Crippen LogP contribution < -0.4 is 5.32 Å². The van der Waals surface area contributed by atoms with Gasteiger partial charge in [0.15, 0.2) is 0 Å². The Balaban J connectivity index is 1.63. The molecule has 1 aromatic heterocycles. The van der Waals surface area contributed by atoms with Crippen LogP contribution in [0.15, 0.2) is 18.2 Å². The lowest BCUT2D eigenvalue weighted by molar-refractivity contribution is 0.164. The monoisotopic (exact) mass is 274 g/mol. The summed E-state index contributed by atoms with van der Waals surface area (Å²) in [4.78, 5) is 21.0. The van der Waals surface area contributed by atoms with Crippen LogP contribution in [0.2, 0.25) is 0 Å². The molecule has 2 amide bonds. The summed E-state index contributed by atoms with van der Waals surface area (Å²) in [5.74, 6) is 0. The molecule has 2 fully saturated rings. The van der Waals surface area contributed by atoms with Gasteiger partial charge in [-0.25, -0.2) is 4.79 Å². The van der Waals surface area contributed by atoms with E-state index in [1.165, 1.54) is 0 Å². The Morgan fingerprint density at radius 2 is 2.10 bits per heavy atom. The van der Waals surface area contributed by atoms with E-state index in [-0.39, 0.29) is 6.03 Å². The van der Waals surface area contributed by atoms with Crippen molar-refractivity contribution in [1.82, 2.24) is 20.1 Å². The van der Waals surface area contributed by atoms with E-state index < -0.39 is 0 Å². The number of pyridine rings is 1. The molecule has 2 aliphatic rings. The van der Waals surface area contributed by atoms with E-state index >= 15 is 0 Å². The maximum Gasteiger partial charge on any atom is 0.320 e. The van der Waals surface area contributed by atoms with Gasteiger partial charge >= 0.3 is 6.03 Å². The number of piperidine rings is 1. The third-order valence-electron chi connectivity index (χ3n) is 4.18. The average Bonchev–Trinajstić information content (AvgIpc) is 2.81. The molecule has 0 atom stereocenters.